The molecule has 0 spiro atoms. The van der Waals surface area contributed by atoms with Crippen LogP contribution in [0.15, 0.2) is 17.1 Å². The van der Waals surface area contributed by atoms with Gasteiger partial charge in [0.15, 0.2) is 5.90 Å². The van der Waals surface area contributed by atoms with Crippen molar-refractivity contribution >= 4 is 5.90 Å². The van der Waals surface area contributed by atoms with Gasteiger partial charge in [0.1, 0.15) is 6.61 Å². The fourth-order valence-electron chi connectivity index (χ4n) is 2.81. The van der Waals surface area contributed by atoms with Gasteiger partial charge in [-0.3, -0.25) is 0 Å². The van der Waals surface area contributed by atoms with Crippen LogP contribution in [-0.2, 0) is 4.74 Å². The first-order chi connectivity index (χ1) is 10.6. The molecule has 2 nitrogen and oxygen atoms in total. The molecule has 1 heterocycles. The van der Waals surface area contributed by atoms with Crippen molar-refractivity contribution in [3.63, 3.8) is 0 Å². The Bertz CT molecular complexity index is 331. The first kappa shape index (κ1) is 19.3. The van der Waals surface area contributed by atoms with Gasteiger partial charge in [0, 0.05) is 6.42 Å². The van der Waals surface area contributed by atoms with Crippen molar-refractivity contribution in [1.82, 2.24) is 0 Å². The van der Waals surface area contributed by atoms with Crippen molar-refractivity contribution in [3.05, 3.63) is 12.2 Å². The van der Waals surface area contributed by atoms with Gasteiger partial charge in [-0.25, -0.2) is 4.99 Å². The molecule has 0 amide bonds. The lowest BCUT2D eigenvalue weighted by atomic mass is 10.1. The molecule has 0 aromatic rings. The molecule has 0 saturated carbocycles. The Morgan fingerprint density at radius 2 is 1.50 bits per heavy atom. The molecule has 1 aliphatic rings. The van der Waals surface area contributed by atoms with Crippen LogP contribution in [-0.4, -0.2) is 18.0 Å². The molecular formula is C20H37NO. The Labute approximate surface area is 138 Å². The number of unbranched alkanes of at least 4 members (excludes halogenated alkanes) is 9. The van der Waals surface area contributed by atoms with Crippen LogP contribution in [0.25, 0.3) is 0 Å². The number of nitrogens with zero attached hydrogens (tertiary/aromatic N) is 1. The van der Waals surface area contributed by atoms with E-state index in [4.69, 9.17) is 4.74 Å². The Morgan fingerprint density at radius 1 is 0.909 bits per heavy atom. The van der Waals surface area contributed by atoms with Crippen molar-refractivity contribution in [3.8, 4) is 0 Å². The van der Waals surface area contributed by atoms with E-state index in [2.05, 4.69) is 37.9 Å². The zero-order chi connectivity index (χ0) is 16.1. The summed E-state index contributed by atoms with van der Waals surface area (Å²) in [5.41, 5.74) is -0.00438. The van der Waals surface area contributed by atoms with E-state index >= 15 is 0 Å². The predicted molar refractivity (Wildman–Crippen MR) is 97.7 cm³/mol. The monoisotopic (exact) mass is 307 g/mol. The minimum atomic E-state index is -0.00438. The lowest BCUT2D eigenvalue weighted by Crippen LogP contribution is -2.17. The summed E-state index contributed by atoms with van der Waals surface area (Å²) in [4.78, 5) is 4.58. The largest absolute Gasteiger partial charge is 0.478 e. The Morgan fingerprint density at radius 3 is 2.09 bits per heavy atom. The molecule has 0 bridgehead atoms. The molecule has 2 heteroatoms. The van der Waals surface area contributed by atoms with Crippen LogP contribution in [0.3, 0.4) is 0 Å². The summed E-state index contributed by atoms with van der Waals surface area (Å²) >= 11 is 0. The number of hydrogen-bond acceptors (Lipinski definition) is 2. The molecule has 0 aliphatic carbocycles. The lowest BCUT2D eigenvalue weighted by molar-refractivity contribution is 0.274. The minimum absolute atomic E-state index is 0.00438. The molecule has 0 aromatic carbocycles. The van der Waals surface area contributed by atoms with E-state index in [1.54, 1.807) is 0 Å². The molecule has 0 radical (unpaired) electrons. The van der Waals surface area contributed by atoms with E-state index < -0.39 is 0 Å². The number of hydrogen-bond donors (Lipinski definition) is 0. The van der Waals surface area contributed by atoms with Crippen molar-refractivity contribution in [2.75, 3.05) is 6.61 Å². The van der Waals surface area contributed by atoms with Crippen LogP contribution >= 0.6 is 0 Å². The van der Waals surface area contributed by atoms with E-state index in [0.29, 0.717) is 0 Å². The van der Waals surface area contributed by atoms with E-state index in [1.807, 2.05) is 0 Å². The Kier molecular flexibility index (Phi) is 10.3. The van der Waals surface area contributed by atoms with Crippen LogP contribution in [0.5, 0.6) is 0 Å². The fourth-order valence-corrected chi connectivity index (χ4v) is 2.81. The third-order valence-electron chi connectivity index (χ3n) is 4.19. The maximum atomic E-state index is 5.59. The zero-order valence-electron chi connectivity index (χ0n) is 15.2. The van der Waals surface area contributed by atoms with Gasteiger partial charge in [0.05, 0.1) is 5.54 Å². The molecule has 0 saturated heterocycles. The van der Waals surface area contributed by atoms with Gasteiger partial charge in [-0.1, -0.05) is 70.4 Å². The van der Waals surface area contributed by atoms with E-state index in [-0.39, 0.29) is 5.54 Å². The lowest BCUT2D eigenvalue weighted by Gasteiger charge is -2.07. The Hall–Kier alpha value is -0.790. The maximum Gasteiger partial charge on any atom is 0.184 e. The third-order valence-corrected chi connectivity index (χ3v) is 4.19. The molecule has 0 fully saturated rings. The normalized spacial score (nSPS) is 17.0. The molecule has 22 heavy (non-hydrogen) atoms. The topological polar surface area (TPSA) is 21.6 Å². The predicted octanol–water partition coefficient (Wildman–Crippen LogP) is 6.45. The van der Waals surface area contributed by atoms with Gasteiger partial charge in [0.2, 0.25) is 0 Å². The molecule has 1 rings (SSSR count). The number of aliphatic imine (C=N–C) groups is 1. The number of ether oxygens (including phenoxy) is 1. The first-order valence-electron chi connectivity index (χ1n) is 9.50. The summed E-state index contributed by atoms with van der Waals surface area (Å²) in [6.07, 6.45) is 20.5. The average molecular weight is 308 g/mol. The van der Waals surface area contributed by atoms with E-state index in [9.17, 15) is 0 Å². The van der Waals surface area contributed by atoms with Gasteiger partial charge in [-0.2, -0.15) is 0 Å². The second-order valence-corrected chi connectivity index (χ2v) is 7.23. The van der Waals surface area contributed by atoms with Crippen LogP contribution in [0.4, 0.5) is 0 Å². The Balaban J connectivity index is 1.85. The summed E-state index contributed by atoms with van der Waals surface area (Å²) in [5.74, 6) is 0.942. The molecular weight excluding hydrogens is 270 g/mol. The van der Waals surface area contributed by atoms with Crippen LogP contribution in [0, 0.1) is 0 Å². The maximum absolute atomic E-state index is 5.59. The summed E-state index contributed by atoms with van der Waals surface area (Å²) in [6, 6.07) is 0. The highest BCUT2D eigenvalue weighted by molar-refractivity contribution is 5.78. The third kappa shape index (κ3) is 10.0. The summed E-state index contributed by atoms with van der Waals surface area (Å²) in [6.45, 7) is 7.27. The second kappa shape index (κ2) is 11.7. The average Bonchev–Trinajstić information content (AvgIpc) is 2.83. The number of allylic oxidation sites excluding steroid dienone is 2. The van der Waals surface area contributed by atoms with Crippen LogP contribution in [0.1, 0.15) is 97.8 Å². The van der Waals surface area contributed by atoms with Crippen molar-refractivity contribution in [1.29, 1.82) is 0 Å². The first-order valence-corrected chi connectivity index (χ1v) is 9.50. The van der Waals surface area contributed by atoms with Gasteiger partial charge >= 0.3 is 0 Å². The smallest absolute Gasteiger partial charge is 0.184 e. The van der Waals surface area contributed by atoms with Gasteiger partial charge in [-0.15, -0.1) is 0 Å². The second-order valence-electron chi connectivity index (χ2n) is 7.23. The van der Waals surface area contributed by atoms with E-state index in [0.717, 1.165) is 25.3 Å². The fraction of sp³-hybridized carbons (Fsp3) is 0.850. The summed E-state index contributed by atoms with van der Waals surface area (Å²) in [5, 5.41) is 0. The standard InChI is InChI=1S/C20H37NO/c1-4-5-6-7-8-9-10-11-12-13-14-15-16-17-19-21-20(2,3)18-22-19/h14-15H,4-13,16-18H2,1-3H3/b15-14-. The zero-order valence-corrected chi connectivity index (χ0v) is 15.2. The summed E-state index contributed by atoms with van der Waals surface area (Å²) < 4.78 is 5.59. The van der Waals surface area contributed by atoms with Gasteiger partial charge < -0.3 is 4.74 Å². The van der Waals surface area contributed by atoms with Crippen LogP contribution in [0.2, 0.25) is 0 Å². The SMILES string of the molecule is CCCCCCCCCCC/C=C\CCC1=NC(C)(C)CO1. The molecule has 1 aliphatic heterocycles. The van der Waals surface area contributed by atoms with Crippen molar-refractivity contribution < 1.29 is 4.74 Å². The van der Waals surface area contributed by atoms with Crippen molar-refractivity contribution in [2.24, 2.45) is 4.99 Å². The highest BCUT2D eigenvalue weighted by Crippen LogP contribution is 2.19. The van der Waals surface area contributed by atoms with Crippen LogP contribution < -0.4 is 0 Å². The highest BCUT2D eigenvalue weighted by Gasteiger charge is 2.25. The molecule has 0 N–H and O–H groups in total. The quantitative estimate of drug-likeness (QED) is 0.283. The number of rotatable bonds is 13. The molecule has 0 aromatic heterocycles. The van der Waals surface area contributed by atoms with Crippen molar-refractivity contribution in [2.45, 2.75) is 103 Å². The summed E-state index contributed by atoms with van der Waals surface area (Å²) in [7, 11) is 0. The highest BCUT2D eigenvalue weighted by atomic mass is 16.5. The molecule has 0 unspecified atom stereocenters. The van der Waals surface area contributed by atoms with Gasteiger partial charge in [0.25, 0.3) is 0 Å². The molecule has 0 atom stereocenters. The van der Waals surface area contributed by atoms with Gasteiger partial charge in [-0.05, 0) is 33.1 Å². The molecule has 128 valence electrons. The minimum Gasteiger partial charge on any atom is -0.478 e. The van der Waals surface area contributed by atoms with E-state index in [1.165, 1.54) is 64.2 Å².